The second-order valence-corrected chi connectivity index (χ2v) is 5.30. The van der Waals surface area contributed by atoms with Crippen molar-refractivity contribution in [3.8, 4) is 0 Å². The van der Waals surface area contributed by atoms with Crippen molar-refractivity contribution in [2.75, 3.05) is 0 Å². The Labute approximate surface area is 129 Å². The summed E-state index contributed by atoms with van der Waals surface area (Å²) in [4.78, 5) is 35.2. The molecular formula is C17H20O5. The van der Waals surface area contributed by atoms with E-state index in [4.69, 9.17) is 5.11 Å². The average molecular weight is 304 g/mol. The molecule has 1 aromatic carbocycles. The van der Waals surface area contributed by atoms with E-state index in [2.05, 4.69) is 6.58 Å². The minimum atomic E-state index is -1.77. The van der Waals surface area contributed by atoms with Crippen LogP contribution in [0.25, 0.3) is 0 Å². The first-order chi connectivity index (χ1) is 10.3. The van der Waals surface area contributed by atoms with Gasteiger partial charge in [-0.25, -0.2) is 4.79 Å². The zero-order valence-corrected chi connectivity index (χ0v) is 12.7. The largest absolute Gasteiger partial charge is 0.481 e. The molecule has 0 saturated heterocycles. The number of benzene rings is 1. The second-order valence-electron chi connectivity index (χ2n) is 5.30. The molecule has 0 fully saturated rings. The number of hydrogen-bond donors (Lipinski definition) is 2. The van der Waals surface area contributed by atoms with E-state index >= 15 is 0 Å². The van der Waals surface area contributed by atoms with Crippen molar-refractivity contribution >= 4 is 17.7 Å². The molecule has 22 heavy (non-hydrogen) atoms. The molecule has 0 amide bonds. The molecule has 5 heteroatoms. The molecule has 2 unspecified atom stereocenters. The number of carbonyl (C=O) groups excluding carboxylic acids is 1. The molecule has 0 heterocycles. The lowest BCUT2D eigenvalue weighted by atomic mass is 9.72. The molecule has 0 radical (unpaired) electrons. The van der Waals surface area contributed by atoms with Gasteiger partial charge in [-0.3, -0.25) is 9.59 Å². The van der Waals surface area contributed by atoms with Crippen molar-refractivity contribution in [2.24, 2.45) is 5.41 Å². The topological polar surface area (TPSA) is 91.7 Å². The van der Waals surface area contributed by atoms with Gasteiger partial charge in [-0.1, -0.05) is 50.8 Å². The lowest BCUT2D eigenvalue weighted by Gasteiger charge is -2.28. The van der Waals surface area contributed by atoms with Crippen LogP contribution in [-0.4, -0.2) is 27.9 Å². The number of rotatable bonds is 8. The Morgan fingerprint density at radius 2 is 1.73 bits per heavy atom. The van der Waals surface area contributed by atoms with Crippen molar-refractivity contribution in [3.05, 3.63) is 48.0 Å². The van der Waals surface area contributed by atoms with Crippen LogP contribution in [0.3, 0.4) is 0 Å². The fourth-order valence-electron chi connectivity index (χ4n) is 2.38. The molecule has 0 bridgehead atoms. The zero-order valence-electron chi connectivity index (χ0n) is 12.7. The van der Waals surface area contributed by atoms with Gasteiger partial charge in [-0.05, 0) is 12.0 Å². The smallest absolute Gasteiger partial charge is 0.332 e. The first-order valence-electron chi connectivity index (χ1n) is 7.00. The van der Waals surface area contributed by atoms with E-state index in [-0.39, 0.29) is 18.6 Å². The summed E-state index contributed by atoms with van der Waals surface area (Å²) < 4.78 is 0. The summed E-state index contributed by atoms with van der Waals surface area (Å²) >= 11 is 0. The van der Waals surface area contributed by atoms with Crippen molar-refractivity contribution in [3.63, 3.8) is 0 Å². The van der Waals surface area contributed by atoms with Crippen LogP contribution in [0, 0.1) is 5.41 Å². The summed E-state index contributed by atoms with van der Waals surface area (Å²) in [7, 11) is 0. The molecule has 0 aliphatic rings. The van der Waals surface area contributed by atoms with Gasteiger partial charge in [0, 0.05) is 17.9 Å². The SMILES string of the molecule is C=C(C(=O)O)C(CC)(CC(=O)C(C)c1ccccc1)C(=O)O. The number of aliphatic carboxylic acids is 2. The Morgan fingerprint density at radius 1 is 1.18 bits per heavy atom. The summed E-state index contributed by atoms with van der Waals surface area (Å²) in [6.45, 7) is 6.60. The first-order valence-corrected chi connectivity index (χ1v) is 7.00. The molecule has 0 saturated carbocycles. The van der Waals surface area contributed by atoms with E-state index in [1.165, 1.54) is 0 Å². The highest BCUT2D eigenvalue weighted by Gasteiger charge is 2.45. The third-order valence-corrected chi connectivity index (χ3v) is 4.11. The van der Waals surface area contributed by atoms with Crippen LogP contribution in [0.5, 0.6) is 0 Å². The van der Waals surface area contributed by atoms with E-state index in [1.807, 2.05) is 6.07 Å². The lowest BCUT2D eigenvalue weighted by molar-refractivity contribution is -0.152. The highest BCUT2D eigenvalue weighted by Crippen LogP contribution is 2.37. The maximum atomic E-state index is 12.5. The number of hydrogen-bond acceptors (Lipinski definition) is 3. The van der Waals surface area contributed by atoms with Gasteiger partial charge in [0.1, 0.15) is 11.2 Å². The number of carbonyl (C=O) groups is 3. The Hall–Kier alpha value is -2.43. The molecule has 5 nitrogen and oxygen atoms in total. The average Bonchev–Trinajstić information content (AvgIpc) is 2.51. The van der Waals surface area contributed by atoms with Crippen molar-refractivity contribution < 1.29 is 24.6 Å². The third-order valence-electron chi connectivity index (χ3n) is 4.11. The Balaban J connectivity index is 3.09. The van der Waals surface area contributed by atoms with Crippen LogP contribution in [0.1, 0.15) is 38.2 Å². The van der Waals surface area contributed by atoms with Gasteiger partial charge in [0.25, 0.3) is 0 Å². The molecule has 118 valence electrons. The molecule has 2 atom stereocenters. The van der Waals surface area contributed by atoms with Crippen LogP contribution in [0.2, 0.25) is 0 Å². The van der Waals surface area contributed by atoms with Gasteiger partial charge in [-0.15, -0.1) is 0 Å². The van der Waals surface area contributed by atoms with E-state index in [0.717, 1.165) is 5.56 Å². The van der Waals surface area contributed by atoms with Gasteiger partial charge in [-0.2, -0.15) is 0 Å². The minimum Gasteiger partial charge on any atom is -0.481 e. The predicted molar refractivity (Wildman–Crippen MR) is 81.6 cm³/mol. The Morgan fingerprint density at radius 3 is 2.14 bits per heavy atom. The number of ketones is 1. The second kappa shape index (κ2) is 7.02. The Kier molecular flexibility index (Phi) is 5.63. The van der Waals surface area contributed by atoms with Crippen molar-refractivity contribution in [1.82, 2.24) is 0 Å². The highest BCUT2D eigenvalue weighted by molar-refractivity contribution is 6.00. The number of carboxylic acids is 2. The molecule has 2 N–H and O–H groups in total. The standard InChI is InChI=1S/C17H20O5/c1-4-17(16(21)22,12(3)15(19)20)10-14(18)11(2)13-8-6-5-7-9-13/h5-9,11H,3-4,10H2,1-2H3,(H,19,20)(H,21,22). The van der Waals surface area contributed by atoms with Crippen LogP contribution in [-0.2, 0) is 14.4 Å². The molecule has 1 aromatic rings. The maximum Gasteiger partial charge on any atom is 0.332 e. The lowest BCUT2D eigenvalue weighted by Crippen LogP contribution is -2.38. The highest BCUT2D eigenvalue weighted by atomic mass is 16.4. The van der Waals surface area contributed by atoms with Crippen LogP contribution < -0.4 is 0 Å². The van der Waals surface area contributed by atoms with Crippen LogP contribution >= 0.6 is 0 Å². The van der Waals surface area contributed by atoms with Gasteiger partial charge < -0.3 is 10.2 Å². The van der Waals surface area contributed by atoms with Gasteiger partial charge in [0.2, 0.25) is 0 Å². The van der Waals surface area contributed by atoms with E-state index in [0.29, 0.717) is 0 Å². The van der Waals surface area contributed by atoms with Crippen molar-refractivity contribution in [2.45, 2.75) is 32.6 Å². The number of carboxylic acid groups (broad SMARTS) is 2. The number of Topliss-reactive ketones (excluding diaryl/α,β-unsaturated/α-hetero) is 1. The van der Waals surface area contributed by atoms with Crippen LogP contribution in [0.15, 0.2) is 42.5 Å². The minimum absolute atomic E-state index is 0.0132. The summed E-state index contributed by atoms with van der Waals surface area (Å²) in [6.07, 6.45) is -0.402. The van der Waals surface area contributed by atoms with E-state index in [1.54, 1.807) is 38.1 Å². The zero-order chi connectivity index (χ0) is 16.9. The summed E-state index contributed by atoms with van der Waals surface area (Å²) in [5.41, 5.74) is -1.47. The summed E-state index contributed by atoms with van der Waals surface area (Å²) in [5, 5.41) is 18.6. The Bertz CT molecular complexity index is 590. The molecule has 0 aliphatic heterocycles. The molecule has 0 aliphatic carbocycles. The predicted octanol–water partition coefficient (Wildman–Crippen LogP) is 2.87. The molecule has 0 aromatic heterocycles. The van der Waals surface area contributed by atoms with Crippen LogP contribution in [0.4, 0.5) is 0 Å². The monoisotopic (exact) mass is 304 g/mol. The first kappa shape index (κ1) is 17.6. The quantitative estimate of drug-likeness (QED) is 0.720. The van der Waals surface area contributed by atoms with Gasteiger partial charge >= 0.3 is 11.9 Å². The normalized spacial score (nSPS) is 14.6. The molecule has 0 spiro atoms. The third kappa shape index (κ3) is 3.42. The van der Waals surface area contributed by atoms with E-state index < -0.39 is 28.8 Å². The van der Waals surface area contributed by atoms with Crippen molar-refractivity contribution in [1.29, 1.82) is 0 Å². The molecular weight excluding hydrogens is 284 g/mol. The van der Waals surface area contributed by atoms with Gasteiger partial charge in [0.05, 0.1) is 0 Å². The van der Waals surface area contributed by atoms with Gasteiger partial charge in [0.15, 0.2) is 0 Å². The summed E-state index contributed by atoms with van der Waals surface area (Å²) in [5.74, 6) is -3.56. The maximum absolute atomic E-state index is 12.5. The summed E-state index contributed by atoms with van der Waals surface area (Å²) in [6, 6.07) is 8.96. The fourth-order valence-corrected chi connectivity index (χ4v) is 2.38. The fraction of sp³-hybridized carbons (Fsp3) is 0.353. The van der Waals surface area contributed by atoms with E-state index in [9.17, 15) is 19.5 Å². The molecule has 1 rings (SSSR count).